The molecule has 114 valence electrons. The number of aryl methyl sites for hydroxylation is 1. The zero-order valence-electron chi connectivity index (χ0n) is 11.4. The molecule has 9 heteroatoms. The fourth-order valence-corrected chi connectivity index (χ4v) is 2.47. The van der Waals surface area contributed by atoms with Crippen molar-refractivity contribution in [1.29, 1.82) is 0 Å². The Morgan fingerprint density at radius 3 is 2.90 bits per heavy atom. The Bertz CT molecular complexity index is 575. The molecule has 0 saturated heterocycles. The van der Waals surface area contributed by atoms with E-state index >= 15 is 0 Å². The highest BCUT2D eigenvalue weighted by atomic mass is 35.5. The number of rotatable bonds is 7. The number of nitro groups is 1. The molecule has 0 amide bonds. The second kappa shape index (κ2) is 8.48. The number of halogens is 1. The average Bonchev–Trinajstić information content (AvgIpc) is 2.84. The van der Waals surface area contributed by atoms with Gasteiger partial charge in [0.15, 0.2) is 6.20 Å². The number of hydrogen-bond donors (Lipinski definition) is 2. The molecule has 21 heavy (non-hydrogen) atoms. The topological polar surface area (TPSA) is 98.0 Å². The molecule has 0 unspecified atom stereocenters. The van der Waals surface area contributed by atoms with Gasteiger partial charge in [0.25, 0.3) is 5.82 Å². The maximum atomic E-state index is 10.5. The number of thioether (sulfide) groups is 1. The molecular weight excluding hydrogens is 314 g/mol. The molecule has 0 aromatic carbocycles. The number of hydrogen-bond acceptors (Lipinski definition) is 5. The Labute approximate surface area is 132 Å². The monoisotopic (exact) mass is 329 g/mol. The van der Waals surface area contributed by atoms with Crippen molar-refractivity contribution < 1.29 is 22.3 Å². The molecule has 0 fully saturated rings. The summed E-state index contributed by atoms with van der Waals surface area (Å²) in [6, 6.07) is 3.14. The first kappa shape index (κ1) is 17.3. The van der Waals surface area contributed by atoms with Crippen LogP contribution in [-0.2, 0) is 5.75 Å². The van der Waals surface area contributed by atoms with Gasteiger partial charge in [0.1, 0.15) is 0 Å². The summed E-state index contributed by atoms with van der Waals surface area (Å²) in [4.78, 5) is 20.2. The van der Waals surface area contributed by atoms with Crippen LogP contribution >= 0.6 is 11.8 Å². The van der Waals surface area contributed by atoms with E-state index in [1.807, 2.05) is 6.92 Å². The van der Waals surface area contributed by atoms with Gasteiger partial charge in [-0.25, -0.2) is 9.97 Å². The number of anilines is 1. The van der Waals surface area contributed by atoms with Crippen molar-refractivity contribution in [1.82, 2.24) is 9.97 Å². The van der Waals surface area contributed by atoms with E-state index in [0.717, 1.165) is 35.3 Å². The highest BCUT2D eigenvalue weighted by Crippen LogP contribution is 2.12. The number of pyridine rings is 1. The van der Waals surface area contributed by atoms with Crippen LogP contribution in [0.25, 0.3) is 0 Å². The molecule has 0 aliphatic heterocycles. The van der Waals surface area contributed by atoms with Crippen molar-refractivity contribution in [2.75, 3.05) is 17.6 Å². The molecule has 0 atom stereocenters. The SMILES string of the molecule is Cc1[nH]cnc1CSCCNc1ccc([N+](=O)[O-])c[nH+]1.[Cl-]. The first-order valence-corrected chi connectivity index (χ1v) is 7.29. The van der Waals surface area contributed by atoms with Crippen molar-refractivity contribution >= 4 is 23.3 Å². The van der Waals surface area contributed by atoms with Gasteiger partial charge in [-0.2, -0.15) is 11.8 Å². The number of aromatic amines is 2. The minimum atomic E-state index is -0.428. The lowest BCUT2D eigenvalue weighted by Crippen LogP contribution is -3.00. The van der Waals surface area contributed by atoms with Crippen LogP contribution in [0.2, 0.25) is 0 Å². The number of aromatic nitrogens is 3. The van der Waals surface area contributed by atoms with Crippen molar-refractivity contribution in [2.24, 2.45) is 0 Å². The first-order chi connectivity index (χ1) is 9.66. The Kier molecular flexibility index (Phi) is 6.97. The van der Waals surface area contributed by atoms with Crippen LogP contribution in [0.1, 0.15) is 11.4 Å². The van der Waals surface area contributed by atoms with Gasteiger partial charge in [0.05, 0.1) is 23.5 Å². The summed E-state index contributed by atoms with van der Waals surface area (Å²) in [6.45, 7) is 2.79. The predicted molar refractivity (Wildman–Crippen MR) is 77.6 cm³/mol. The Hall–Kier alpha value is -1.80. The second-order valence-electron chi connectivity index (χ2n) is 4.17. The second-order valence-corrected chi connectivity index (χ2v) is 5.28. The summed E-state index contributed by atoms with van der Waals surface area (Å²) in [5, 5.41) is 13.7. The minimum Gasteiger partial charge on any atom is -1.00 e. The number of nitrogens with one attached hydrogen (secondary N) is 3. The molecule has 2 aromatic heterocycles. The number of H-pyrrole nitrogens is 2. The lowest BCUT2D eigenvalue weighted by Gasteiger charge is -2.00. The highest BCUT2D eigenvalue weighted by Gasteiger charge is 2.08. The van der Waals surface area contributed by atoms with E-state index in [0.29, 0.717) is 0 Å². The fraction of sp³-hybridized carbons (Fsp3) is 0.333. The molecule has 3 N–H and O–H groups in total. The third-order valence-corrected chi connectivity index (χ3v) is 3.71. The summed E-state index contributed by atoms with van der Waals surface area (Å²) in [5.74, 6) is 2.57. The number of nitrogens with zero attached hydrogens (tertiary/aromatic N) is 2. The molecule has 0 radical (unpaired) electrons. The molecule has 2 heterocycles. The first-order valence-electron chi connectivity index (χ1n) is 6.13. The molecule has 2 aromatic rings. The third kappa shape index (κ3) is 5.24. The lowest BCUT2D eigenvalue weighted by molar-refractivity contribution is -0.413. The standard InChI is InChI=1S/C12H15N5O2S.ClH/c1-9-11(16-8-15-9)7-20-5-4-13-12-3-2-10(6-14-12)17(18)19;/h2-3,6,8H,4-5,7H2,1H3,(H,13,14)(H,15,16);1H. The molecule has 2 rings (SSSR count). The predicted octanol–water partition coefficient (Wildman–Crippen LogP) is -1.21. The van der Waals surface area contributed by atoms with Crippen LogP contribution in [0, 0.1) is 17.0 Å². The van der Waals surface area contributed by atoms with Gasteiger partial charge in [0.2, 0.25) is 0 Å². The zero-order chi connectivity index (χ0) is 14.4. The zero-order valence-corrected chi connectivity index (χ0v) is 13.0. The van der Waals surface area contributed by atoms with E-state index in [-0.39, 0.29) is 18.1 Å². The molecular formula is C12H16ClN5O2S. The van der Waals surface area contributed by atoms with Crippen molar-refractivity contribution in [3.05, 3.63) is 46.2 Å². The van der Waals surface area contributed by atoms with Gasteiger partial charge in [-0.1, -0.05) is 0 Å². The summed E-state index contributed by atoms with van der Waals surface area (Å²) < 4.78 is 0. The minimum absolute atomic E-state index is 0. The third-order valence-electron chi connectivity index (χ3n) is 2.74. The van der Waals surface area contributed by atoms with Gasteiger partial charge in [-0.15, -0.1) is 0 Å². The quantitative estimate of drug-likeness (QED) is 0.377. The molecule has 0 aliphatic carbocycles. The van der Waals surface area contributed by atoms with E-state index in [1.54, 1.807) is 24.2 Å². The van der Waals surface area contributed by atoms with Crippen LogP contribution < -0.4 is 22.7 Å². The normalized spacial score (nSPS) is 9.95. The average molecular weight is 330 g/mol. The highest BCUT2D eigenvalue weighted by molar-refractivity contribution is 7.98. The van der Waals surface area contributed by atoms with Gasteiger partial charge in [-0.3, -0.25) is 15.4 Å². The Morgan fingerprint density at radius 1 is 1.52 bits per heavy atom. The van der Waals surface area contributed by atoms with Crippen molar-refractivity contribution in [3.63, 3.8) is 0 Å². The summed E-state index contributed by atoms with van der Waals surface area (Å²) in [5.41, 5.74) is 2.24. The van der Waals surface area contributed by atoms with Gasteiger partial charge in [0, 0.05) is 29.3 Å². The van der Waals surface area contributed by atoms with Gasteiger partial charge >= 0.3 is 5.69 Å². The van der Waals surface area contributed by atoms with Gasteiger partial charge in [-0.05, 0) is 6.92 Å². The molecule has 0 spiro atoms. The van der Waals surface area contributed by atoms with Gasteiger partial charge < -0.3 is 17.4 Å². The van der Waals surface area contributed by atoms with E-state index in [1.165, 1.54) is 12.3 Å². The largest absolute Gasteiger partial charge is 1.00 e. The van der Waals surface area contributed by atoms with E-state index in [9.17, 15) is 10.1 Å². The molecule has 0 bridgehead atoms. The van der Waals surface area contributed by atoms with Crippen LogP contribution in [-0.4, -0.2) is 27.2 Å². The molecule has 0 saturated carbocycles. The van der Waals surface area contributed by atoms with Crippen LogP contribution in [0.4, 0.5) is 11.5 Å². The lowest BCUT2D eigenvalue weighted by atomic mass is 10.4. The number of imidazole rings is 1. The van der Waals surface area contributed by atoms with E-state index < -0.39 is 4.92 Å². The summed E-state index contributed by atoms with van der Waals surface area (Å²) in [6.07, 6.45) is 3.08. The Balaban J connectivity index is 0.00000220. The van der Waals surface area contributed by atoms with E-state index in [2.05, 4.69) is 20.3 Å². The van der Waals surface area contributed by atoms with Crippen LogP contribution in [0.3, 0.4) is 0 Å². The molecule has 7 nitrogen and oxygen atoms in total. The molecule has 0 aliphatic rings. The summed E-state index contributed by atoms with van der Waals surface area (Å²) >= 11 is 1.79. The van der Waals surface area contributed by atoms with Crippen molar-refractivity contribution in [2.45, 2.75) is 12.7 Å². The summed E-state index contributed by atoms with van der Waals surface area (Å²) in [7, 11) is 0. The smallest absolute Gasteiger partial charge is 0.308 e. The Morgan fingerprint density at radius 2 is 2.33 bits per heavy atom. The maximum Gasteiger partial charge on any atom is 0.308 e. The van der Waals surface area contributed by atoms with Crippen LogP contribution in [0.15, 0.2) is 24.7 Å². The van der Waals surface area contributed by atoms with Crippen molar-refractivity contribution in [3.8, 4) is 0 Å². The fourth-order valence-electron chi connectivity index (χ4n) is 1.60. The van der Waals surface area contributed by atoms with E-state index in [4.69, 9.17) is 0 Å². The van der Waals surface area contributed by atoms with Crippen LogP contribution in [0.5, 0.6) is 0 Å². The maximum absolute atomic E-state index is 10.5.